The summed E-state index contributed by atoms with van der Waals surface area (Å²) in [6, 6.07) is 16.7. The molecule has 0 saturated carbocycles. The molecule has 236 valence electrons. The first-order valence-electron chi connectivity index (χ1n) is 16.3. The molecule has 0 bridgehead atoms. The summed E-state index contributed by atoms with van der Waals surface area (Å²) in [6.45, 7) is 27.6. The van der Waals surface area contributed by atoms with Crippen LogP contribution in [0.3, 0.4) is 0 Å². The van der Waals surface area contributed by atoms with Crippen LogP contribution in [0.1, 0.15) is 94.2 Å². The van der Waals surface area contributed by atoms with Gasteiger partial charge in [0.05, 0.1) is 0 Å². The molecule has 0 spiro atoms. The van der Waals surface area contributed by atoms with E-state index in [1.165, 1.54) is 0 Å². The summed E-state index contributed by atoms with van der Waals surface area (Å²) in [7, 11) is -4.01. The third kappa shape index (κ3) is 8.81. The molecule has 2 unspecified atom stereocenters. The lowest BCUT2D eigenvalue weighted by Crippen LogP contribution is -2.50. The Labute approximate surface area is 266 Å². The fourth-order valence-corrected chi connectivity index (χ4v) is 17.9. The van der Waals surface area contributed by atoms with Crippen molar-refractivity contribution in [2.75, 3.05) is 0 Å². The minimum absolute atomic E-state index is 0.416. The van der Waals surface area contributed by atoms with Gasteiger partial charge in [0.15, 0.2) is 0 Å². The van der Waals surface area contributed by atoms with E-state index in [1.54, 1.807) is 0 Å². The Kier molecular flexibility index (Phi) is 13.7. The van der Waals surface area contributed by atoms with Gasteiger partial charge in [0, 0.05) is 12.8 Å². The zero-order valence-electron chi connectivity index (χ0n) is 29.0. The Morgan fingerprint density at radius 1 is 0.488 bits per heavy atom. The van der Waals surface area contributed by atoms with Crippen LogP contribution in [0, 0.1) is 24.7 Å². The highest BCUT2D eigenvalue weighted by Gasteiger charge is 2.48. The second kappa shape index (κ2) is 16.0. The Morgan fingerprint density at radius 2 is 0.744 bits per heavy atom. The summed E-state index contributed by atoms with van der Waals surface area (Å²) in [4.78, 5) is 0. The van der Waals surface area contributed by atoms with E-state index in [9.17, 15) is 0 Å². The van der Waals surface area contributed by atoms with Crippen molar-refractivity contribution in [3.63, 3.8) is 0 Å². The lowest BCUT2D eigenvalue weighted by atomic mass is 10.1. The number of hydrogen-bond donors (Lipinski definition) is 0. The molecular weight excluding hydrogens is 561 g/mol. The summed E-state index contributed by atoms with van der Waals surface area (Å²) in [5.41, 5.74) is 5.33. The highest BCUT2D eigenvalue weighted by molar-refractivity contribution is 6.78. The summed E-state index contributed by atoms with van der Waals surface area (Å²) < 4.78 is 19.9. The van der Waals surface area contributed by atoms with Crippen molar-refractivity contribution >= 4 is 16.6 Å². The third-order valence-corrected chi connectivity index (χ3v) is 21.4. The quantitative estimate of drug-likeness (QED) is 0.138. The maximum absolute atomic E-state index is 6.82. The zero-order valence-corrected chi connectivity index (χ0v) is 31.0. The molecule has 0 aliphatic carbocycles. The monoisotopic (exact) mass is 618 g/mol. The smallest absolute Gasteiger partial charge is 0.258 e. The van der Waals surface area contributed by atoms with Crippen LogP contribution in [0.2, 0.25) is 33.2 Å². The predicted octanol–water partition coefficient (Wildman–Crippen LogP) is 10.6. The molecule has 0 aliphatic rings. The Balaban J connectivity index is 2.08. The summed E-state index contributed by atoms with van der Waals surface area (Å²) in [5.74, 6) is 7.49. The van der Waals surface area contributed by atoms with Crippen LogP contribution in [-0.4, -0.2) is 28.8 Å². The van der Waals surface area contributed by atoms with E-state index in [-0.39, 0.29) is 0 Å². The van der Waals surface area contributed by atoms with Crippen LogP contribution in [0.15, 0.2) is 48.5 Å². The fourth-order valence-electron chi connectivity index (χ4n) is 7.42. The molecule has 0 amide bonds. The maximum Gasteiger partial charge on any atom is 0.258 e. The normalized spacial score (nSPS) is 14.0. The Hall–Kier alpha value is -2.45. The fraction of sp³-hybridized carbons (Fsp3) is 0.579. The molecule has 0 radical (unpaired) electrons. The van der Waals surface area contributed by atoms with Gasteiger partial charge in [-0.05, 0) is 68.6 Å². The maximum atomic E-state index is 6.82. The molecule has 3 nitrogen and oxygen atoms in total. The summed E-state index contributed by atoms with van der Waals surface area (Å²) >= 11 is 0. The van der Waals surface area contributed by atoms with Gasteiger partial charge in [-0.2, -0.15) is 0 Å². The lowest BCUT2D eigenvalue weighted by molar-refractivity contribution is 0.0533. The second-order valence-electron chi connectivity index (χ2n) is 14.0. The second-order valence-corrected chi connectivity index (χ2v) is 24.7. The van der Waals surface area contributed by atoms with Crippen LogP contribution < -0.4 is 8.85 Å². The van der Waals surface area contributed by atoms with E-state index in [0.717, 1.165) is 22.6 Å². The number of terminal acetylenes is 2. The van der Waals surface area contributed by atoms with E-state index in [0.29, 0.717) is 46.1 Å². The standard InChI is InChI=1S/C38H58O3Si2/c1-15-35(25-33-17-21-37(22-18-33)40-42(27(3)4,28(5)6)29(7)8)39-36(16-2)26-34-19-23-38(24-20-34)41-43(30(9)10,31(11)12)32(13)14/h1-2,17-24,27-32,35-36H,25-26H2,3-14H3. The van der Waals surface area contributed by atoms with Crippen LogP contribution in [0.4, 0.5) is 0 Å². The largest absolute Gasteiger partial charge is 0.543 e. The Bertz CT molecular complexity index is 1060. The van der Waals surface area contributed by atoms with Crippen molar-refractivity contribution in [2.45, 2.75) is 141 Å². The van der Waals surface area contributed by atoms with Crippen molar-refractivity contribution in [1.29, 1.82) is 0 Å². The first-order valence-corrected chi connectivity index (χ1v) is 20.5. The number of rotatable bonds is 16. The minimum Gasteiger partial charge on any atom is -0.543 e. The molecule has 2 aromatic rings. The van der Waals surface area contributed by atoms with Crippen molar-refractivity contribution in [1.82, 2.24) is 0 Å². The van der Waals surface area contributed by atoms with Gasteiger partial charge in [-0.25, -0.2) is 0 Å². The van der Waals surface area contributed by atoms with Crippen LogP contribution >= 0.6 is 0 Å². The zero-order chi connectivity index (χ0) is 32.5. The molecular formula is C38H58O3Si2. The van der Waals surface area contributed by atoms with Crippen molar-refractivity contribution in [2.24, 2.45) is 0 Å². The third-order valence-electron chi connectivity index (χ3n) is 9.39. The topological polar surface area (TPSA) is 27.7 Å². The van der Waals surface area contributed by atoms with Gasteiger partial charge < -0.3 is 13.6 Å². The average molecular weight is 619 g/mol. The van der Waals surface area contributed by atoms with E-state index >= 15 is 0 Å². The van der Waals surface area contributed by atoms with Gasteiger partial charge >= 0.3 is 0 Å². The van der Waals surface area contributed by atoms with Crippen molar-refractivity contribution < 1.29 is 13.6 Å². The van der Waals surface area contributed by atoms with E-state index in [1.807, 2.05) is 0 Å². The molecule has 5 heteroatoms. The van der Waals surface area contributed by atoms with Gasteiger partial charge in [-0.3, -0.25) is 0 Å². The molecule has 0 fully saturated rings. The summed E-state index contributed by atoms with van der Waals surface area (Å²) in [6.07, 6.45) is 12.2. The van der Waals surface area contributed by atoms with Gasteiger partial charge in [0.2, 0.25) is 0 Å². The van der Waals surface area contributed by atoms with Gasteiger partial charge in [0.1, 0.15) is 23.7 Å². The van der Waals surface area contributed by atoms with E-state index < -0.39 is 28.8 Å². The highest BCUT2D eigenvalue weighted by atomic mass is 28.4. The SMILES string of the molecule is C#CC(Cc1ccc(O[Si](C(C)C)(C(C)C)C(C)C)cc1)OC(C#C)Cc1ccc(O[Si](C(C)C)(C(C)C)C(C)C)cc1. The molecule has 2 aromatic carbocycles. The summed E-state index contributed by atoms with van der Waals surface area (Å²) in [5, 5.41) is 0. The van der Waals surface area contributed by atoms with Gasteiger partial charge in [-0.1, -0.05) is 119 Å². The first kappa shape index (κ1) is 36.7. The molecule has 0 aliphatic heterocycles. The molecule has 0 saturated heterocycles. The van der Waals surface area contributed by atoms with Gasteiger partial charge in [0.25, 0.3) is 16.6 Å². The van der Waals surface area contributed by atoms with Crippen LogP contribution in [-0.2, 0) is 17.6 Å². The van der Waals surface area contributed by atoms with Crippen LogP contribution in [0.5, 0.6) is 11.5 Å². The first-order chi connectivity index (χ1) is 20.1. The van der Waals surface area contributed by atoms with Crippen LogP contribution in [0.25, 0.3) is 0 Å². The van der Waals surface area contributed by atoms with E-state index in [2.05, 4.69) is 143 Å². The number of hydrogen-bond acceptors (Lipinski definition) is 3. The Morgan fingerprint density at radius 3 is 0.953 bits per heavy atom. The predicted molar refractivity (Wildman–Crippen MR) is 190 cm³/mol. The van der Waals surface area contributed by atoms with Gasteiger partial charge in [-0.15, -0.1) is 12.8 Å². The number of ether oxygens (including phenoxy) is 1. The van der Waals surface area contributed by atoms with E-state index in [4.69, 9.17) is 26.4 Å². The molecule has 0 aromatic heterocycles. The van der Waals surface area contributed by atoms with Crippen molar-refractivity contribution in [3.8, 4) is 36.2 Å². The molecule has 2 atom stereocenters. The highest BCUT2D eigenvalue weighted by Crippen LogP contribution is 2.44. The molecule has 43 heavy (non-hydrogen) atoms. The molecule has 0 heterocycles. The molecule has 2 rings (SSSR count). The van der Waals surface area contributed by atoms with Crippen molar-refractivity contribution in [3.05, 3.63) is 59.7 Å². The lowest BCUT2D eigenvalue weighted by Gasteiger charge is -2.42. The number of benzene rings is 2. The molecule has 0 N–H and O–H groups in total. The minimum atomic E-state index is -2.00. The average Bonchev–Trinajstić information content (AvgIpc) is 2.94.